The van der Waals surface area contributed by atoms with Crippen molar-refractivity contribution < 1.29 is 23.7 Å². The van der Waals surface area contributed by atoms with Gasteiger partial charge >= 0.3 is 0 Å². The number of halogens is 2. The molecule has 30 heavy (non-hydrogen) atoms. The number of anilines is 1. The van der Waals surface area contributed by atoms with Crippen molar-refractivity contribution in [3.8, 4) is 22.8 Å². The third kappa shape index (κ3) is 3.19. The highest BCUT2D eigenvalue weighted by Gasteiger charge is 2.28. The average Bonchev–Trinajstić information content (AvgIpc) is 2.72. The van der Waals surface area contributed by atoms with Gasteiger partial charge in [0.2, 0.25) is 11.8 Å². The van der Waals surface area contributed by atoms with Crippen LogP contribution < -0.4 is 10.4 Å². The van der Waals surface area contributed by atoms with Crippen LogP contribution in [-0.2, 0) is 4.74 Å². The van der Waals surface area contributed by atoms with Crippen molar-refractivity contribution in [2.24, 2.45) is 0 Å². The van der Waals surface area contributed by atoms with Gasteiger partial charge in [-0.25, -0.2) is 19.3 Å². The molecular formula is C19H18BF2N5O3. The molecule has 1 saturated heterocycles. The Labute approximate surface area is 172 Å². The van der Waals surface area contributed by atoms with Gasteiger partial charge in [-0.2, -0.15) is 9.37 Å². The number of hydrogen-bond acceptors (Lipinski definition) is 8. The summed E-state index contributed by atoms with van der Waals surface area (Å²) in [6.07, 6.45) is -0.0759. The molecule has 0 spiro atoms. The van der Waals surface area contributed by atoms with E-state index in [9.17, 15) is 19.0 Å². The number of aromatic nitrogens is 4. The lowest BCUT2D eigenvalue weighted by atomic mass is 9.86. The number of benzene rings is 1. The highest BCUT2D eigenvalue weighted by Crippen LogP contribution is 2.36. The van der Waals surface area contributed by atoms with Gasteiger partial charge in [-0.05, 0) is 26.2 Å². The molecule has 1 aliphatic heterocycles. The quantitative estimate of drug-likeness (QED) is 0.608. The van der Waals surface area contributed by atoms with E-state index in [2.05, 4.69) is 19.9 Å². The van der Waals surface area contributed by atoms with Crippen molar-refractivity contribution in [1.29, 1.82) is 0 Å². The number of rotatable bonds is 2. The number of aryl methyl sites for hydroxylation is 2. The monoisotopic (exact) mass is 413 g/mol. The summed E-state index contributed by atoms with van der Waals surface area (Å²) in [5.74, 6) is -5.11. The predicted octanol–water partition coefficient (Wildman–Crippen LogP) is 1.41. The van der Waals surface area contributed by atoms with Crippen LogP contribution in [0.1, 0.15) is 18.3 Å². The fourth-order valence-corrected chi connectivity index (χ4v) is 3.33. The number of fused-ring (bicyclic) bond motifs is 1. The number of morpholine rings is 1. The fraction of sp³-hybridized carbons (Fsp3) is 0.368. The molecular weight excluding hydrogens is 395 g/mol. The Hall–Kier alpha value is -3.08. The third-order valence-corrected chi connectivity index (χ3v) is 5.06. The zero-order valence-corrected chi connectivity index (χ0v) is 16.6. The summed E-state index contributed by atoms with van der Waals surface area (Å²) in [5, 5.41) is 19.7. The number of ether oxygens (including phenoxy) is 1. The van der Waals surface area contributed by atoms with Crippen LogP contribution in [0.4, 0.5) is 14.7 Å². The number of nitrogens with zero attached hydrogens (tertiary/aromatic N) is 5. The van der Waals surface area contributed by atoms with Crippen LogP contribution in [0.3, 0.4) is 0 Å². The van der Waals surface area contributed by atoms with E-state index in [1.807, 2.05) is 11.8 Å². The van der Waals surface area contributed by atoms with E-state index in [4.69, 9.17) is 12.6 Å². The maximum absolute atomic E-state index is 14.9. The van der Waals surface area contributed by atoms with Crippen LogP contribution in [0.15, 0.2) is 0 Å². The summed E-state index contributed by atoms with van der Waals surface area (Å²) in [5.41, 5.74) is 0.271. The first-order chi connectivity index (χ1) is 14.2. The Morgan fingerprint density at radius 3 is 2.43 bits per heavy atom. The van der Waals surface area contributed by atoms with Crippen molar-refractivity contribution in [2.75, 3.05) is 24.6 Å². The lowest BCUT2D eigenvalue weighted by molar-refractivity contribution is 0.0526. The number of phenols is 2. The van der Waals surface area contributed by atoms with E-state index in [1.54, 1.807) is 13.8 Å². The van der Waals surface area contributed by atoms with Gasteiger partial charge in [0.15, 0.2) is 17.2 Å². The van der Waals surface area contributed by atoms with Crippen LogP contribution in [0.2, 0.25) is 0 Å². The molecule has 1 aliphatic rings. The molecule has 154 valence electrons. The maximum Gasteiger partial charge on any atom is 0.228 e. The Balaban J connectivity index is 2.05. The summed E-state index contributed by atoms with van der Waals surface area (Å²) in [6.45, 7) is 6.79. The number of phenolic OH excluding ortho intramolecular Hbond substituents is 2. The van der Waals surface area contributed by atoms with Gasteiger partial charge in [-0.3, -0.25) is 0 Å². The minimum atomic E-state index is -1.55. The molecule has 1 atom stereocenters. The highest BCUT2D eigenvalue weighted by atomic mass is 19.1. The first kappa shape index (κ1) is 20.2. The van der Waals surface area contributed by atoms with Gasteiger partial charge in [0.25, 0.3) is 0 Å². The van der Waals surface area contributed by atoms with Gasteiger partial charge < -0.3 is 19.8 Å². The second kappa shape index (κ2) is 7.31. The summed E-state index contributed by atoms with van der Waals surface area (Å²) in [7, 11) is 5.81. The van der Waals surface area contributed by atoms with Crippen LogP contribution >= 0.6 is 0 Å². The minimum Gasteiger partial charge on any atom is -0.505 e. The van der Waals surface area contributed by atoms with Gasteiger partial charge in [-0.15, -0.1) is 0 Å². The topological polar surface area (TPSA) is 104 Å². The molecule has 3 aromatic rings. The summed E-state index contributed by atoms with van der Waals surface area (Å²) >= 11 is 0. The second-order valence-corrected chi connectivity index (χ2v) is 7.18. The Kier molecular flexibility index (Phi) is 4.93. The molecule has 0 bridgehead atoms. The van der Waals surface area contributed by atoms with Crippen LogP contribution in [0.25, 0.3) is 22.4 Å². The van der Waals surface area contributed by atoms with E-state index < -0.39 is 34.2 Å². The summed E-state index contributed by atoms with van der Waals surface area (Å²) < 4.78 is 34.3. The van der Waals surface area contributed by atoms with Crippen molar-refractivity contribution in [3.05, 3.63) is 23.0 Å². The van der Waals surface area contributed by atoms with Gasteiger partial charge in [-0.1, -0.05) is 0 Å². The van der Waals surface area contributed by atoms with E-state index in [0.29, 0.717) is 31.1 Å². The third-order valence-electron chi connectivity index (χ3n) is 5.06. The van der Waals surface area contributed by atoms with Gasteiger partial charge in [0.1, 0.15) is 24.8 Å². The van der Waals surface area contributed by atoms with Crippen molar-refractivity contribution in [1.82, 2.24) is 19.9 Å². The van der Waals surface area contributed by atoms with E-state index >= 15 is 0 Å². The smallest absolute Gasteiger partial charge is 0.228 e. The standard InChI is InChI=1S/C19H18BF2N5O3/c1-7-6-27(4-5-30-7)19-25-14(15-18(26-19)24-9(3)8(2)23-15)10-11(20)16(28)13(22)17(29)12(10)21/h7,28-29H,4-6H2,1-3H3. The van der Waals surface area contributed by atoms with Crippen LogP contribution in [0, 0.1) is 25.5 Å². The zero-order chi connectivity index (χ0) is 21.7. The van der Waals surface area contributed by atoms with Crippen LogP contribution in [0.5, 0.6) is 11.5 Å². The lowest BCUT2D eigenvalue weighted by Gasteiger charge is -2.31. The largest absolute Gasteiger partial charge is 0.505 e. The Morgan fingerprint density at radius 1 is 1.03 bits per heavy atom. The molecule has 4 rings (SSSR count). The van der Waals surface area contributed by atoms with Crippen LogP contribution in [-0.4, -0.2) is 63.8 Å². The number of hydrogen-bond donors (Lipinski definition) is 2. The molecule has 1 fully saturated rings. The molecule has 2 N–H and O–H groups in total. The molecule has 0 saturated carbocycles. The molecule has 2 aromatic heterocycles. The SMILES string of the molecule is [B]c1c(O)c(F)c(O)c(F)c1-c1nc(N2CCOC(C)C2)nc2nc(C)c(C)nc12. The molecule has 1 unspecified atom stereocenters. The average molecular weight is 413 g/mol. The lowest BCUT2D eigenvalue weighted by Crippen LogP contribution is -2.42. The maximum atomic E-state index is 14.9. The minimum absolute atomic E-state index is 0.0759. The van der Waals surface area contributed by atoms with Gasteiger partial charge in [0.05, 0.1) is 24.1 Å². The molecule has 3 heterocycles. The molecule has 2 radical (unpaired) electrons. The molecule has 0 amide bonds. The first-order valence-electron chi connectivity index (χ1n) is 9.27. The summed E-state index contributed by atoms with van der Waals surface area (Å²) in [6, 6.07) is 0. The first-order valence-corrected chi connectivity index (χ1v) is 9.27. The molecule has 11 heteroatoms. The fourth-order valence-electron chi connectivity index (χ4n) is 3.33. The second-order valence-electron chi connectivity index (χ2n) is 7.18. The molecule has 1 aromatic carbocycles. The van der Waals surface area contributed by atoms with Gasteiger partial charge in [0, 0.05) is 18.7 Å². The molecule has 0 aliphatic carbocycles. The Bertz CT molecular complexity index is 1150. The Morgan fingerprint density at radius 2 is 1.73 bits per heavy atom. The normalized spacial score (nSPS) is 17.0. The molecule has 8 nitrogen and oxygen atoms in total. The highest BCUT2D eigenvalue weighted by molar-refractivity contribution is 6.38. The summed E-state index contributed by atoms with van der Waals surface area (Å²) in [4.78, 5) is 19.6. The van der Waals surface area contributed by atoms with E-state index in [1.165, 1.54) is 0 Å². The van der Waals surface area contributed by atoms with Crippen molar-refractivity contribution in [2.45, 2.75) is 26.9 Å². The predicted molar refractivity (Wildman–Crippen MR) is 106 cm³/mol. The van der Waals surface area contributed by atoms with Crippen molar-refractivity contribution in [3.63, 3.8) is 0 Å². The van der Waals surface area contributed by atoms with E-state index in [-0.39, 0.29) is 28.9 Å². The zero-order valence-electron chi connectivity index (χ0n) is 16.6. The van der Waals surface area contributed by atoms with E-state index in [0.717, 1.165) is 0 Å². The van der Waals surface area contributed by atoms with Crippen molar-refractivity contribution >= 4 is 30.4 Å². The number of aromatic hydroxyl groups is 2.